The largest absolute Gasteiger partial charge is 0.358 e. The standard InChI is InChI=1S/C22H26ClN9O2S/c1-13(28-21-18-20(25-11-24-18)26-12-27-21)19-29-16-6-4-5-15(23)17(16)22(30-19)31(2)14-7-9-32(10-8-14)35(3,33)34/h4-6,11-14H,7-10H2,1-3H3,(H2,24,25,26,27,28). The quantitative estimate of drug-likeness (QED) is 0.397. The van der Waals surface area contributed by atoms with E-state index in [4.69, 9.17) is 21.6 Å². The average Bonchev–Trinajstić information content (AvgIpc) is 3.32. The number of halogens is 1. The molecule has 4 aromatic rings. The molecule has 1 fully saturated rings. The Bertz CT molecular complexity index is 1490. The van der Waals surface area contributed by atoms with E-state index in [-0.39, 0.29) is 12.1 Å². The summed E-state index contributed by atoms with van der Waals surface area (Å²) in [6, 6.07) is 5.44. The maximum atomic E-state index is 11.9. The second-order valence-corrected chi connectivity index (χ2v) is 11.1. The molecule has 0 saturated carbocycles. The van der Waals surface area contributed by atoms with Crippen molar-refractivity contribution in [2.45, 2.75) is 31.8 Å². The number of aromatic nitrogens is 6. The fraction of sp³-hybridized carbons (Fsp3) is 0.409. The van der Waals surface area contributed by atoms with Gasteiger partial charge in [0.15, 0.2) is 17.3 Å². The van der Waals surface area contributed by atoms with Crippen molar-refractivity contribution in [1.29, 1.82) is 0 Å². The topological polar surface area (TPSA) is 133 Å². The van der Waals surface area contributed by atoms with Crippen LogP contribution in [0.5, 0.6) is 0 Å². The molecule has 1 aromatic carbocycles. The predicted molar refractivity (Wildman–Crippen MR) is 136 cm³/mol. The fourth-order valence-corrected chi connectivity index (χ4v) is 5.59. The molecule has 1 aliphatic rings. The van der Waals surface area contributed by atoms with E-state index in [0.29, 0.717) is 53.8 Å². The number of H-pyrrole nitrogens is 1. The lowest BCUT2D eigenvalue weighted by atomic mass is 10.0. The van der Waals surface area contributed by atoms with Gasteiger partial charge in [-0.25, -0.2) is 37.6 Å². The Balaban J connectivity index is 1.48. The molecule has 2 N–H and O–H groups in total. The summed E-state index contributed by atoms with van der Waals surface area (Å²) in [7, 11) is -1.22. The summed E-state index contributed by atoms with van der Waals surface area (Å²) in [5, 5.41) is 4.69. The summed E-state index contributed by atoms with van der Waals surface area (Å²) in [4.78, 5) is 27.6. The predicted octanol–water partition coefficient (Wildman–Crippen LogP) is 2.98. The molecule has 1 saturated heterocycles. The lowest BCUT2D eigenvalue weighted by molar-refractivity contribution is 0.316. The lowest BCUT2D eigenvalue weighted by Gasteiger charge is -2.36. The van der Waals surface area contributed by atoms with Gasteiger partial charge in [-0.15, -0.1) is 0 Å². The van der Waals surface area contributed by atoms with Gasteiger partial charge in [0.1, 0.15) is 17.7 Å². The van der Waals surface area contributed by atoms with Gasteiger partial charge in [0, 0.05) is 26.2 Å². The number of fused-ring (bicyclic) bond motifs is 2. The molecule has 5 rings (SSSR count). The Morgan fingerprint density at radius 3 is 2.71 bits per heavy atom. The Kier molecular flexibility index (Phi) is 6.20. The number of nitrogens with zero attached hydrogens (tertiary/aromatic N) is 7. The van der Waals surface area contributed by atoms with Crippen molar-refractivity contribution in [1.82, 2.24) is 34.2 Å². The van der Waals surface area contributed by atoms with Crippen molar-refractivity contribution in [2.75, 3.05) is 36.6 Å². The van der Waals surface area contributed by atoms with Gasteiger partial charge in [-0.2, -0.15) is 0 Å². The summed E-state index contributed by atoms with van der Waals surface area (Å²) < 4.78 is 25.4. The van der Waals surface area contributed by atoms with E-state index in [0.717, 1.165) is 16.7 Å². The number of piperidine rings is 1. The molecule has 11 nitrogen and oxygen atoms in total. The van der Waals surface area contributed by atoms with E-state index in [2.05, 4.69) is 30.2 Å². The van der Waals surface area contributed by atoms with Crippen LogP contribution in [0.4, 0.5) is 11.6 Å². The molecule has 184 valence electrons. The number of sulfonamides is 1. The summed E-state index contributed by atoms with van der Waals surface area (Å²) in [5.74, 6) is 1.88. The molecule has 4 heterocycles. The zero-order valence-corrected chi connectivity index (χ0v) is 21.2. The molecule has 1 atom stereocenters. The number of rotatable bonds is 6. The van der Waals surface area contributed by atoms with Gasteiger partial charge < -0.3 is 15.2 Å². The maximum Gasteiger partial charge on any atom is 0.211 e. The van der Waals surface area contributed by atoms with Crippen LogP contribution >= 0.6 is 11.6 Å². The van der Waals surface area contributed by atoms with Gasteiger partial charge in [-0.1, -0.05) is 17.7 Å². The maximum absolute atomic E-state index is 11.9. The summed E-state index contributed by atoms with van der Waals surface area (Å²) in [5.41, 5.74) is 2.01. The van der Waals surface area contributed by atoms with Crippen LogP contribution in [-0.2, 0) is 10.0 Å². The summed E-state index contributed by atoms with van der Waals surface area (Å²) >= 11 is 6.60. The lowest BCUT2D eigenvalue weighted by Crippen LogP contribution is -2.45. The van der Waals surface area contributed by atoms with Crippen molar-refractivity contribution < 1.29 is 8.42 Å². The minimum atomic E-state index is -3.20. The van der Waals surface area contributed by atoms with Crippen molar-refractivity contribution in [3.63, 3.8) is 0 Å². The monoisotopic (exact) mass is 515 g/mol. The summed E-state index contributed by atoms with van der Waals surface area (Å²) in [6.07, 6.45) is 5.69. The van der Waals surface area contributed by atoms with Crippen molar-refractivity contribution in [3.05, 3.63) is 41.7 Å². The Morgan fingerprint density at radius 2 is 1.97 bits per heavy atom. The highest BCUT2D eigenvalue weighted by Gasteiger charge is 2.29. The third-order valence-corrected chi connectivity index (χ3v) is 8.02. The van der Waals surface area contributed by atoms with Crippen LogP contribution in [0.2, 0.25) is 5.02 Å². The van der Waals surface area contributed by atoms with Gasteiger partial charge in [-0.3, -0.25) is 0 Å². The molecule has 1 aliphatic heterocycles. The molecule has 0 bridgehead atoms. The third kappa shape index (κ3) is 4.60. The number of benzene rings is 1. The first-order valence-electron chi connectivity index (χ1n) is 11.3. The third-order valence-electron chi connectivity index (χ3n) is 6.40. The minimum Gasteiger partial charge on any atom is -0.358 e. The first-order chi connectivity index (χ1) is 16.7. The number of nitrogens with one attached hydrogen (secondary N) is 2. The number of hydrogen-bond donors (Lipinski definition) is 2. The minimum absolute atomic E-state index is 0.115. The first-order valence-corrected chi connectivity index (χ1v) is 13.5. The van der Waals surface area contributed by atoms with E-state index in [9.17, 15) is 8.42 Å². The second-order valence-electron chi connectivity index (χ2n) is 8.73. The number of aromatic amines is 1. The zero-order valence-electron chi connectivity index (χ0n) is 19.6. The normalized spacial score (nSPS) is 16.6. The van der Waals surface area contributed by atoms with Crippen molar-refractivity contribution in [3.8, 4) is 0 Å². The number of hydrogen-bond acceptors (Lipinski definition) is 9. The van der Waals surface area contributed by atoms with Gasteiger partial charge >= 0.3 is 0 Å². The molecule has 35 heavy (non-hydrogen) atoms. The van der Waals surface area contributed by atoms with Crippen molar-refractivity contribution in [2.24, 2.45) is 0 Å². The molecular weight excluding hydrogens is 490 g/mol. The van der Waals surface area contributed by atoms with E-state index in [1.807, 2.05) is 32.2 Å². The van der Waals surface area contributed by atoms with Crippen LogP contribution in [0.1, 0.15) is 31.6 Å². The highest BCUT2D eigenvalue weighted by atomic mass is 35.5. The van der Waals surface area contributed by atoms with Crippen LogP contribution in [-0.4, -0.2) is 75.1 Å². The van der Waals surface area contributed by atoms with Crippen LogP contribution < -0.4 is 10.2 Å². The van der Waals surface area contributed by atoms with Gasteiger partial charge in [0.05, 0.1) is 34.6 Å². The molecule has 0 radical (unpaired) electrons. The molecule has 13 heteroatoms. The highest BCUT2D eigenvalue weighted by molar-refractivity contribution is 7.88. The van der Waals surface area contributed by atoms with Crippen molar-refractivity contribution >= 4 is 55.3 Å². The van der Waals surface area contributed by atoms with E-state index in [1.54, 1.807) is 6.33 Å². The smallest absolute Gasteiger partial charge is 0.211 e. The zero-order chi connectivity index (χ0) is 24.7. The van der Waals surface area contributed by atoms with E-state index in [1.165, 1.54) is 16.9 Å². The van der Waals surface area contributed by atoms with Crippen LogP contribution in [0.25, 0.3) is 22.1 Å². The van der Waals surface area contributed by atoms with E-state index < -0.39 is 10.0 Å². The first kappa shape index (κ1) is 23.6. The van der Waals surface area contributed by atoms with E-state index >= 15 is 0 Å². The second kappa shape index (κ2) is 9.17. The highest BCUT2D eigenvalue weighted by Crippen LogP contribution is 2.34. The SMILES string of the molecule is CC(Nc1ncnc2[nH]cnc12)c1nc(N(C)C2CCN(S(C)(=O)=O)CC2)c2c(Cl)cccc2n1. The molecule has 0 spiro atoms. The van der Waals surface area contributed by atoms with Crippen LogP contribution in [0, 0.1) is 0 Å². The fourth-order valence-electron chi connectivity index (χ4n) is 4.46. The molecule has 0 amide bonds. The summed E-state index contributed by atoms with van der Waals surface area (Å²) in [6.45, 7) is 2.91. The molecule has 1 unspecified atom stereocenters. The van der Waals surface area contributed by atoms with Crippen LogP contribution in [0.3, 0.4) is 0 Å². The van der Waals surface area contributed by atoms with Gasteiger partial charge in [0.2, 0.25) is 10.0 Å². The molecule has 3 aromatic heterocycles. The molecular formula is C22H26ClN9O2S. The number of imidazole rings is 1. The Hall–Kier alpha value is -3.09. The van der Waals surface area contributed by atoms with Gasteiger partial charge in [-0.05, 0) is 31.9 Å². The number of anilines is 2. The Morgan fingerprint density at radius 1 is 1.20 bits per heavy atom. The van der Waals surface area contributed by atoms with Gasteiger partial charge in [0.25, 0.3) is 0 Å². The van der Waals surface area contributed by atoms with Crippen LogP contribution in [0.15, 0.2) is 30.9 Å². The molecule has 0 aliphatic carbocycles. The average molecular weight is 516 g/mol. The Labute approximate surface area is 208 Å².